The number of carbonyl (C=O) groups is 1. The van der Waals surface area contributed by atoms with E-state index in [1.807, 2.05) is 30.3 Å². The topological polar surface area (TPSA) is 97.6 Å². The first-order valence-electron chi connectivity index (χ1n) is 11.1. The van der Waals surface area contributed by atoms with Crippen LogP contribution in [0.1, 0.15) is 21.5 Å². The number of fused-ring (bicyclic) bond motifs is 1. The Labute approximate surface area is 229 Å². The van der Waals surface area contributed by atoms with Crippen LogP contribution >= 0.6 is 36.6 Å². The Balaban J connectivity index is 1.69. The standard InChI is InChI=1S/C25H23BrClFN4O4S/c1-35-16-4-2-15(3-5-16)13-32-14-30-24-22(32)11-18(25(34)31-36-9-8-33)19(23(24)28)12-29-21-7-6-17(37-26)10-20(21)27/h2-7,10-11,14,29,33H,8-9,12-13H2,1H3,(H,31,34). The number of nitrogens with zero attached hydrogens (tertiary/aromatic N) is 2. The molecule has 3 N–H and O–H groups in total. The van der Waals surface area contributed by atoms with Crippen molar-refractivity contribution in [1.82, 2.24) is 15.0 Å². The van der Waals surface area contributed by atoms with E-state index in [2.05, 4.69) is 30.6 Å². The van der Waals surface area contributed by atoms with Crippen molar-refractivity contribution in [1.29, 1.82) is 0 Å². The van der Waals surface area contributed by atoms with Gasteiger partial charge in [0.2, 0.25) is 0 Å². The van der Waals surface area contributed by atoms with E-state index in [0.29, 0.717) is 22.8 Å². The molecule has 194 valence electrons. The number of aliphatic hydroxyl groups excluding tert-OH is 1. The van der Waals surface area contributed by atoms with Gasteiger partial charge in [0, 0.05) is 23.5 Å². The average Bonchev–Trinajstić information content (AvgIpc) is 3.31. The van der Waals surface area contributed by atoms with Gasteiger partial charge in [-0.25, -0.2) is 14.9 Å². The Bertz CT molecular complexity index is 1400. The largest absolute Gasteiger partial charge is 0.497 e. The molecular formula is C25H23BrClFN4O4S. The second-order valence-corrected chi connectivity index (χ2v) is 9.88. The Kier molecular flexibility index (Phi) is 9.28. The minimum absolute atomic E-state index is 0.0314. The maximum Gasteiger partial charge on any atom is 0.275 e. The Hall–Kier alpha value is -2.83. The highest BCUT2D eigenvalue weighted by Crippen LogP contribution is 2.32. The smallest absolute Gasteiger partial charge is 0.275 e. The molecule has 1 heterocycles. The molecule has 0 radical (unpaired) electrons. The number of carbonyl (C=O) groups excluding carboxylic acids is 1. The maximum atomic E-state index is 15.8. The number of imidazole rings is 1. The maximum absolute atomic E-state index is 15.8. The van der Waals surface area contributed by atoms with E-state index in [-0.39, 0.29) is 36.4 Å². The van der Waals surface area contributed by atoms with E-state index in [1.54, 1.807) is 29.9 Å². The SMILES string of the molecule is COc1ccc(Cn2cnc3c(F)c(CNc4ccc(SBr)cc4Cl)c(C(=O)NOCCO)cc32)cc1. The molecule has 0 aliphatic carbocycles. The van der Waals surface area contributed by atoms with Gasteiger partial charge in [0.1, 0.15) is 11.3 Å². The fourth-order valence-electron chi connectivity index (χ4n) is 3.71. The molecule has 3 aromatic carbocycles. The Morgan fingerprint density at radius 3 is 2.70 bits per heavy atom. The van der Waals surface area contributed by atoms with Crippen LogP contribution < -0.4 is 15.5 Å². The van der Waals surface area contributed by atoms with Crippen LogP contribution in [-0.4, -0.2) is 40.9 Å². The first kappa shape index (κ1) is 27.2. The van der Waals surface area contributed by atoms with Crippen LogP contribution in [0.5, 0.6) is 5.75 Å². The van der Waals surface area contributed by atoms with Gasteiger partial charge in [-0.1, -0.05) is 23.7 Å². The number of methoxy groups -OCH3 is 1. The fraction of sp³-hybridized carbons (Fsp3) is 0.200. The molecule has 4 aromatic rings. The van der Waals surface area contributed by atoms with E-state index in [1.165, 1.54) is 16.5 Å². The highest BCUT2D eigenvalue weighted by Gasteiger charge is 2.22. The third-order valence-electron chi connectivity index (χ3n) is 5.56. The van der Waals surface area contributed by atoms with Crippen molar-refractivity contribution in [2.45, 2.75) is 18.0 Å². The molecule has 0 spiro atoms. The highest BCUT2D eigenvalue weighted by molar-refractivity contribution is 9.50. The van der Waals surface area contributed by atoms with Gasteiger partial charge in [-0.2, -0.15) is 0 Å². The molecular weight excluding hydrogens is 587 g/mol. The lowest BCUT2D eigenvalue weighted by Crippen LogP contribution is -2.27. The number of halogens is 3. The normalized spacial score (nSPS) is 11.1. The molecule has 12 heteroatoms. The van der Waals surface area contributed by atoms with Gasteiger partial charge in [-0.05, 0) is 67.0 Å². The summed E-state index contributed by atoms with van der Waals surface area (Å²) in [6.07, 6.45) is 1.53. The number of aliphatic hydroxyl groups is 1. The molecule has 0 aliphatic heterocycles. The lowest BCUT2D eigenvalue weighted by Gasteiger charge is -2.15. The van der Waals surface area contributed by atoms with Crippen LogP contribution in [0.15, 0.2) is 59.8 Å². The van der Waals surface area contributed by atoms with Crippen molar-refractivity contribution < 1.29 is 23.9 Å². The van der Waals surface area contributed by atoms with Gasteiger partial charge in [-0.15, -0.1) is 0 Å². The average molecular weight is 610 g/mol. The number of nitrogens with one attached hydrogen (secondary N) is 2. The molecule has 0 fully saturated rings. The number of hydrogen-bond acceptors (Lipinski definition) is 7. The predicted molar refractivity (Wildman–Crippen MR) is 146 cm³/mol. The molecule has 0 atom stereocenters. The summed E-state index contributed by atoms with van der Waals surface area (Å²) in [4.78, 5) is 23.2. The summed E-state index contributed by atoms with van der Waals surface area (Å²) in [5.41, 5.74) is 4.53. The molecule has 0 bridgehead atoms. The van der Waals surface area contributed by atoms with Gasteiger partial charge >= 0.3 is 0 Å². The van der Waals surface area contributed by atoms with E-state index in [0.717, 1.165) is 16.2 Å². The number of hydrogen-bond donors (Lipinski definition) is 3. The van der Waals surface area contributed by atoms with Crippen molar-refractivity contribution in [3.05, 3.63) is 82.4 Å². The zero-order valence-corrected chi connectivity index (χ0v) is 22.8. The summed E-state index contributed by atoms with van der Waals surface area (Å²) in [6.45, 7) is -0.00553. The monoisotopic (exact) mass is 608 g/mol. The molecule has 0 aliphatic rings. The molecule has 4 rings (SSSR count). The van der Waals surface area contributed by atoms with Crippen molar-refractivity contribution >= 4 is 59.2 Å². The van der Waals surface area contributed by atoms with E-state index in [9.17, 15) is 4.79 Å². The second kappa shape index (κ2) is 12.6. The summed E-state index contributed by atoms with van der Waals surface area (Å²) in [7, 11) is 2.96. The molecule has 8 nitrogen and oxygen atoms in total. The quantitative estimate of drug-likeness (QED) is 0.151. The summed E-state index contributed by atoms with van der Waals surface area (Å²) in [5.74, 6) is -0.556. The van der Waals surface area contributed by atoms with Crippen LogP contribution in [0.3, 0.4) is 0 Å². The van der Waals surface area contributed by atoms with Crippen molar-refractivity contribution in [2.75, 3.05) is 25.6 Å². The zero-order valence-electron chi connectivity index (χ0n) is 19.6. The predicted octanol–water partition coefficient (Wildman–Crippen LogP) is 5.55. The van der Waals surface area contributed by atoms with Gasteiger partial charge in [0.15, 0.2) is 5.82 Å². The van der Waals surface area contributed by atoms with Crippen LogP contribution in [-0.2, 0) is 17.9 Å². The number of rotatable bonds is 11. The summed E-state index contributed by atoms with van der Waals surface area (Å²) in [5, 5.41) is 12.5. The number of aromatic nitrogens is 2. The van der Waals surface area contributed by atoms with Crippen LogP contribution in [0.4, 0.5) is 10.1 Å². The Morgan fingerprint density at radius 2 is 2.03 bits per heavy atom. The summed E-state index contributed by atoms with van der Waals surface area (Å²) >= 11 is 9.66. The summed E-state index contributed by atoms with van der Waals surface area (Å²) in [6, 6.07) is 14.4. The van der Waals surface area contributed by atoms with Crippen molar-refractivity contribution in [2.24, 2.45) is 0 Å². The lowest BCUT2D eigenvalue weighted by molar-refractivity contribution is 0.0167. The molecule has 1 amide bonds. The third kappa shape index (κ3) is 6.36. The van der Waals surface area contributed by atoms with Crippen LogP contribution in [0, 0.1) is 5.82 Å². The van der Waals surface area contributed by atoms with Crippen LogP contribution in [0.25, 0.3) is 11.0 Å². The Morgan fingerprint density at radius 1 is 1.24 bits per heavy atom. The van der Waals surface area contributed by atoms with Gasteiger partial charge in [0.25, 0.3) is 5.91 Å². The molecule has 0 saturated heterocycles. The van der Waals surface area contributed by atoms with E-state index in [4.69, 9.17) is 26.3 Å². The number of anilines is 1. The second-order valence-electron chi connectivity index (χ2n) is 7.88. The number of amides is 1. The molecule has 37 heavy (non-hydrogen) atoms. The van der Waals surface area contributed by atoms with Crippen molar-refractivity contribution in [3.63, 3.8) is 0 Å². The van der Waals surface area contributed by atoms with E-state index >= 15 is 4.39 Å². The van der Waals surface area contributed by atoms with E-state index < -0.39 is 11.7 Å². The molecule has 0 saturated carbocycles. The third-order valence-corrected chi connectivity index (χ3v) is 7.42. The van der Waals surface area contributed by atoms with Gasteiger partial charge < -0.3 is 19.7 Å². The van der Waals surface area contributed by atoms with Gasteiger partial charge in [0.05, 0.1) is 48.4 Å². The first-order valence-corrected chi connectivity index (χ1v) is 14.1. The number of benzene rings is 3. The fourth-order valence-corrected chi connectivity index (χ4v) is 4.91. The lowest BCUT2D eigenvalue weighted by atomic mass is 10.0. The minimum Gasteiger partial charge on any atom is -0.497 e. The van der Waals surface area contributed by atoms with Crippen LogP contribution in [0.2, 0.25) is 5.02 Å². The highest BCUT2D eigenvalue weighted by atomic mass is 79.9. The summed E-state index contributed by atoms with van der Waals surface area (Å²) < 4.78 is 22.8. The zero-order chi connectivity index (χ0) is 26.4. The molecule has 1 aromatic heterocycles. The molecule has 0 unspecified atom stereocenters. The first-order chi connectivity index (χ1) is 17.9. The minimum atomic E-state index is -0.652. The number of hydroxylamine groups is 1. The number of ether oxygens (including phenoxy) is 1. The van der Waals surface area contributed by atoms with Crippen molar-refractivity contribution in [3.8, 4) is 5.75 Å². The van der Waals surface area contributed by atoms with Gasteiger partial charge in [-0.3, -0.25) is 9.63 Å².